The third-order valence-corrected chi connectivity index (χ3v) is 5.09. The Labute approximate surface area is 152 Å². The summed E-state index contributed by atoms with van der Waals surface area (Å²) in [5.74, 6) is 0.221. The summed E-state index contributed by atoms with van der Waals surface area (Å²) in [6.45, 7) is 10.4. The van der Waals surface area contributed by atoms with Gasteiger partial charge in [-0.2, -0.15) is 0 Å². The zero-order valence-electron chi connectivity index (χ0n) is 15.9. The van der Waals surface area contributed by atoms with E-state index in [0.717, 1.165) is 18.8 Å². The van der Waals surface area contributed by atoms with Crippen LogP contribution in [0.1, 0.15) is 34.1 Å². The zero-order chi connectivity index (χ0) is 19.0. The summed E-state index contributed by atoms with van der Waals surface area (Å²) in [7, 11) is -3.41. The molecule has 1 aromatic rings. The molecule has 1 rings (SSSR count). The van der Waals surface area contributed by atoms with E-state index in [2.05, 4.69) is 24.1 Å². The molecule has 1 N–H and O–H groups in total. The Bertz CT molecular complexity index is 638. The van der Waals surface area contributed by atoms with Gasteiger partial charge in [-0.1, -0.05) is 13.8 Å². The van der Waals surface area contributed by atoms with Crippen LogP contribution in [0.5, 0.6) is 0 Å². The van der Waals surface area contributed by atoms with Crippen LogP contribution in [0.4, 0.5) is 11.4 Å². The van der Waals surface area contributed by atoms with E-state index in [1.54, 1.807) is 0 Å². The number of carbonyl (C=O) groups is 1. The Kier molecular flexibility index (Phi) is 8.22. The predicted octanol–water partition coefficient (Wildman–Crippen LogP) is 2.46. The van der Waals surface area contributed by atoms with Crippen LogP contribution < -0.4 is 14.5 Å². The van der Waals surface area contributed by atoms with Gasteiger partial charge in [0.05, 0.1) is 18.5 Å². The zero-order valence-corrected chi connectivity index (χ0v) is 16.8. The molecule has 0 radical (unpaired) electrons. The average molecular weight is 370 g/mol. The van der Waals surface area contributed by atoms with Gasteiger partial charge in [-0.25, -0.2) is 8.42 Å². The van der Waals surface area contributed by atoms with Crippen LogP contribution in [0, 0.1) is 5.92 Å². The molecule has 0 saturated carbocycles. The normalized spacial score (nSPS) is 11.4. The number of benzene rings is 1. The van der Waals surface area contributed by atoms with Crippen molar-refractivity contribution in [1.29, 1.82) is 0 Å². The van der Waals surface area contributed by atoms with Gasteiger partial charge in [0, 0.05) is 31.7 Å². The quantitative estimate of drug-likeness (QED) is 0.688. The lowest BCUT2D eigenvalue weighted by Gasteiger charge is -2.25. The summed E-state index contributed by atoms with van der Waals surface area (Å²) in [5, 5.41) is 2.78. The van der Waals surface area contributed by atoms with Gasteiger partial charge in [0.25, 0.3) is 0 Å². The van der Waals surface area contributed by atoms with Crippen molar-refractivity contribution in [2.75, 3.05) is 41.6 Å². The van der Waals surface area contributed by atoms with E-state index >= 15 is 0 Å². The first kappa shape index (κ1) is 21.3. The van der Waals surface area contributed by atoms with Crippen molar-refractivity contribution in [2.24, 2.45) is 5.92 Å². The van der Waals surface area contributed by atoms with Gasteiger partial charge in [0.2, 0.25) is 15.9 Å². The Morgan fingerprint density at radius 3 is 2.04 bits per heavy atom. The highest BCUT2D eigenvalue weighted by molar-refractivity contribution is 7.92. The van der Waals surface area contributed by atoms with Crippen molar-refractivity contribution in [2.45, 2.75) is 34.1 Å². The molecule has 0 unspecified atom stereocenters. The van der Waals surface area contributed by atoms with Crippen molar-refractivity contribution in [3.8, 4) is 0 Å². The second-order valence-corrected chi connectivity index (χ2v) is 8.38. The van der Waals surface area contributed by atoms with Gasteiger partial charge in [0.15, 0.2) is 0 Å². The van der Waals surface area contributed by atoms with Crippen LogP contribution in [0.2, 0.25) is 0 Å². The summed E-state index contributed by atoms with van der Waals surface area (Å²) in [6.07, 6.45) is 1.62. The summed E-state index contributed by atoms with van der Waals surface area (Å²) in [4.78, 5) is 13.9. The molecular formula is C18H31N3O3S. The summed E-state index contributed by atoms with van der Waals surface area (Å²) < 4.78 is 25.6. The second kappa shape index (κ2) is 9.65. The minimum atomic E-state index is -3.41. The molecule has 0 atom stereocenters. The van der Waals surface area contributed by atoms with Gasteiger partial charge in [-0.15, -0.1) is 0 Å². The van der Waals surface area contributed by atoms with Gasteiger partial charge in [-0.05, 0) is 44.0 Å². The van der Waals surface area contributed by atoms with Crippen LogP contribution in [-0.2, 0) is 14.8 Å². The fourth-order valence-corrected chi connectivity index (χ4v) is 3.57. The van der Waals surface area contributed by atoms with E-state index < -0.39 is 10.0 Å². The van der Waals surface area contributed by atoms with Crippen LogP contribution >= 0.6 is 0 Å². The highest BCUT2D eigenvalue weighted by Gasteiger charge is 2.18. The number of carbonyl (C=O) groups excluding carboxylic acids is 1. The minimum absolute atomic E-state index is 0.0552. The van der Waals surface area contributed by atoms with Crippen molar-refractivity contribution >= 4 is 27.3 Å². The molecule has 6 nitrogen and oxygen atoms in total. The Morgan fingerprint density at radius 1 is 1.08 bits per heavy atom. The molecule has 0 fully saturated rings. The third-order valence-electron chi connectivity index (χ3n) is 3.90. The first-order valence-electron chi connectivity index (χ1n) is 8.78. The number of sulfonamides is 1. The highest BCUT2D eigenvalue weighted by atomic mass is 32.2. The molecular weight excluding hydrogens is 338 g/mol. The highest BCUT2D eigenvalue weighted by Crippen LogP contribution is 2.22. The van der Waals surface area contributed by atoms with Crippen LogP contribution in [0.25, 0.3) is 0 Å². The summed E-state index contributed by atoms with van der Waals surface area (Å²) in [6, 6.07) is 7.48. The van der Waals surface area contributed by atoms with E-state index in [-0.39, 0.29) is 24.9 Å². The lowest BCUT2D eigenvalue weighted by atomic mass is 10.1. The van der Waals surface area contributed by atoms with Crippen LogP contribution in [0.3, 0.4) is 0 Å². The van der Waals surface area contributed by atoms with Crippen molar-refractivity contribution in [1.82, 2.24) is 5.32 Å². The van der Waals surface area contributed by atoms with Gasteiger partial charge in [0.1, 0.15) is 0 Å². The number of nitrogens with zero attached hydrogens (tertiary/aromatic N) is 2. The number of anilines is 2. The van der Waals surface area contributed by atoms with E-state index in [0.29, 0.717) is 12.1 Å². The maximum atomic E-state index is 12.1. The molecule has 0 heterocycles. The maximum Gasteiger partial charge on any atom is 0.232 e. The molecule has 1 aromatic carbocycles. The number of hydrogen-bond acceptors (Lipinski definition) is 4. The fraction of sp³-hybridized carbons (Fsp3) is 0.611. The van der Waals surface area contributed by atoms with Crippen molar-refractivity contribution < 1.29 is 13.2 Å². The SMILES string of the molecule is CCN(CC)c1ccc(N(CCNC(=O)CC(C)C)S(C)(=O)=O)cc1. The summed E-state index contributed by atoms with van der Waals surface area (Å²) >= 11 is 0. The Hall–Kier alpha value is -1.76. The first-order valence-corrected chi connectivity index (χ1v) is 10.6. The lowest BCUT2D eigenvalue weighted by Crippen LogP contribution is -2.38. The van der Waals surface area contributed by atoms with E-state index in [1.165, 1.54) is 10.6 Å². The topological polar surface area (TPSA) is 69.7 Å². The number of rotatable bonds is 10. The molecule has 1 amide bonds. The Morgan fingerprint density at radius 2 is 1.60 bits per heavy atom. The fourth-order valence-electron chi connectivity index (χ4n) is 2.64. The second-order valence-electron chi connectivity index (χ2n) is 6.47. The number of hydrogen-bond donors (Lipinski definition) is 1. The van der Waals surface area contributed by atoms with Crippen LogP contribution in [0.15, 0.2) is 24.3 Å². The molecule has 0 spiro atoms. The molecule has 0 aromatic heterocycles. The summed E-state index contributed by atoms with van der Waals surface area (Å²) in [5.41, 5.74) is 1.67. The average Bonchev–Trinajstić information content (AvgIpc) is 2.52. The number of nitrogens with one attached hydrogen (secondary N) is 1. The molecule has 0 aliphatic carbocycles. The van der Waals surface area contributed by atoms with E-state index in [9.17, 15) is 13.2 Å². The van der Waals surface area contributed by atoms with Crippen molar-refractivity contribution in [3.63, 3.8) is 0 Å². The number of amides is 1. The molecule has 0 aliphatic heterocycles. The Balaban J connectivity index is 2.81. The van der Waals surface area contributed by atoms with Crippen LogP contribution in [-0.4, -0.2) is 46.8 Å². The third kappa shape index (κ3) is 6.94. The minimum Gasteiger partial charge on any atom is -0.372 e. The molecule has 142 valence electrons. The van der Waals surface area contributed by atoms with E-state index in [4.69, 9.17) is 0 Å². The molecule has 25 heavy (non-hydrogen) atoms. The largest absolute Gasteiger partial charge is 0.372 e. The predicted molar refractivity (Wildman–Crippen MR) is 105 cm³/mol. The molecule has 0 bridgehead atoms. The molecule has 0 aliphatic rings. The van der Waals surface area contributed by atoms with Gasteiger partial charge >= 0.3 is 0 Å². The lowest BCUT2D eigenvalue weighted by molar-refractivity contribution is -0.121. The van der Waals surface area contributed by atoms with Gasteiger partial charge in [-0.3, -0.25) is 9.10 Å². The molecule has 0 saturated heterocycles. The molecule has 7 heteroatoms. The first-order chi connectivity index (χ1) is 11.7. The van der Waals surface area contributed by atoms with E-state index in [1.807, 2.05) is 38.1 Å². The standard InChI is InChI=1S/C18H31N3O3S/c1-6-20(7-2)16-8-10-17(11-9-16)21(25(5,23)24)13-12-19-18(22)14-15(3)4/h8-11,15H,6-7,12-14H2,1-5H3,(H,19,22). The van der Waals surface area contributed by atoms with Crippen molar-refractivity contribution in [3.05, 3.63) is 24.3 Å². The smallest absolute Gasteiger partial charge is 0.232 e. The van der Waals surface area contributed by atoms with Gasteiger partial charge < -0.3 is 10.2 Å². The maximum absolute atomic E-state index is 12.1. The monoisotopic (exact) mass is 369 g/mol.